The van der Waals surface area contributed by atoms with Crippen LogP contribution in [-0.4, -0.2) is 19.8 Å². The summed E-state index contributed by atoms with van der Waals surface area (Å²) in [6.07, 6.45) is 1.22. The lowest BCUT2D eigenvalue weighted by Gasteiger charge is -2.02. The molecule has 0 bridgehead atoms. The van der Waals surface area contributed by atoms with Crippen molar-refractivity contribution in [3.05, 3.63) is 35.4 Å². The van der Waals surface area contributed by atoms with Gasteiger partial charge in [-0.05, 0) is 35.3 Å². The summed E-state index contributed by atoms with van der Waals surface area (Å²) >= 11 is -2.20. The molecule has 0 aliphatic carbocycles. The first-order chi connectivity index (χ1) is 5.74. The van der Waals surface area contributed by atoms with Crippen molar-refractivity contribution in [1.29, 1.82) is 0 Å². The molecule has 0 aromatic heterocycles. The van der Waals surface area contributed by atoms with Crippen LogP contribution in [-0.2, 0) is 11.1 Å². The summed E-state index contributed by atoms with van der Waals surface area (Å²) in [5.41, 5.74) is 8.79. The molecular weight excluding hydrogens is 176 g/mol. The lowest BCUT2D eigenvalue weighted by Crippen LogP contribution is -1.89. The maximum atomic E-state index is 10.4. The van der Waals surface area contributed by atoms with Gasteiger partial charge < -0.3 is 10.1 Å². The van der Waals surface area contributed by atoms with Crippen LogP contribution in [0.4, 0.5) is 0 Å². The maximum absolute atomic E-state index is 10.4. The summed E-state index contributed by atoms with van der Waals surface area (Å²) in [4.78, 5) is 3.01. The molecule has 0 amide bonds. The summed E-state index contributed by atoms with van der Waals surface area (Å²) in [5, 5.41) is 0. The molecule has 1 aromatic carbocycles. The molecule has 0 spiro atoms. The minimum atomic E-state index is -2.20. The third-order valence-corrected chi connectivity index (χ3v) is 1.94. The van der Waals surface area contributed by atoms with E-state index in [4.69, 9.17) is 5.53 Å². The fourth-order valence-corrected chi connectivity index (χ4v) is 1.09. The second-order valence-corrected chi connectivity index (χ2v) is 2.99. The van der Waals surface area contributed by atoms with Gasteiger partial charge in [0.05, 0.1) is 5.56 Å². The molecule has 0 N–H and O–H groups in total. The summed E-state index contributed by atoms with van der Waals surface area (Å²) in [5.74, 6) is 0. The molecule has 0 heterocycles. The highest BCUT2D eigenvalue weighted by molar-refractivity contribution is 7.79. The number of hydrogen-bond donors (Lipinski definition) is 0. The van der Waals surface area contributed by atoms with Crippen LogP contribution in [0.25, 0.3) is 5.53 Å². The van der Waals surface area contributed by atoms with Crippen LogP contribution in [0, 0.1) is 0 Å². The SMILES string of the molecule is [N-]=[N+]=Cc1ccc(S(=O)[O-])cc1. The molecule has 5 heteroatoms. The Morgan fingerprint density at radius 3 is 2.42 bits per heavy atom. The van der Waals surface area contributed by atoms with E-state index in [1.807, 2.05) is 0 Å². The molecule has 12 heavy (non-hydrogen) atoms. The average Bonchev–Trinajstić information content (AvgIpc) is 2.06. The Hall–Kier alpha value is -1.29. The standard InChI is InChI=1S/C7H6N2O2S/c8-9-5-6-1-3-7(4-2-6)12(10)11/h1-5H,(H,10,11)/p-1. The van der Waals surface area contributed by atoms with Gasteiger partial charge in [-0.3, -0.25) is 4.21 Å². The van der Waals surface area contributed by atoms with Crippen molar-refractivity contribution < 1.29 is 13.6 Å². The van der Waals surface area contributed by atoms with E-state index in [-0.39, 0.29) is 4.90 Å². The molecule has 1 atom stereocenters. The van der Waals surface area contributed by atoms with E-state index in [9.17, 15) is 8.76 Å². The molecule has 0 saturated heterocycles. The molecular formula is C7H5N2O2S-. The third kappa shape index (κ3) is 2.10. The Balaban J connectivity index is 3.00. The monoisotopic (exact) mass is 181 g/mol. The summed E-state index contributed by atoms with van der Waals surface area (Å²) < 4.78 is 20.8. The first-order valence-electron chi connectivity index (χ1n) is 3.11. The Bertz CT molecular complexity index is 320. The molecule has 4 nitrogen and oxygen atoms in total. The molecule has 62 valence electrons. The average molecular weight is 181 g/mol. The van der Waals surface area contributed by atoms with Crippen molar-refractivity contribution in [1.82, 2.24) is 0 Å². The van der Waals surface area contributed by atoms with Gasteiger partial charge in [-0.1, -0.05) is 0 Å². The van der Waals surface area contributed by atoms with Crippen LogP contribution in [0.1, 0.15) is 5.56 Å². The van der Waals surface area contributed by atoms with Crippen molar-refractivity contribution in [2.45, 2.75) is 4.90 Å². The van der Waals surface area contributed by atoms with Gasteiger partial charge >= 0.3 is 0 Å². The predicted molar refractivity (Wildman–Crippen MR) is 42.4 cm³/mol. The van der Waals surface area contributed by atoms with Crippen molar-refractivity contribution in [3.8, 4) is 0 Å². The van der Waals surface area contributed by atoms with Gasteiger partial charge in [-0.2, -0.15) is 4.79 Å². The fraction of sp³-hybridized carbons (Fsp3) is 0. The van der Waals surface area contributed by atoms with Gasteiger partial charge in [-0.15, -0.1) is 0 Å². The zero-order valence-corrected chi connectivity index (χ0v) is 6.82. The van der Waals surface area contributed by atoms with Gasteiger partial charge in [0.2, 0.25) is 0 Å². The van der Waals surface area contributed by atoms with E-state index in [0.717, 1.165) is 0 Å². The smallest absolute Gasteiger partial charge is 0.287 e. The minimum Gasteiger partial charge on any atom is -0.768 e. The van der Waals surface area contributed by atoms with E-state index in [1.165, 1.54) is 18.3 Å². The molecule has 1 unspecified atom stereocenters. The minimum absolute atomic E-state index is 0.213. The maximum Gasteiger partial charge on any atom is 0.287 e. The first-order valence-corrected chi connectivity index (χ1v) is 4.18. The van der Waals surface area contributed by atoms with Crippen molar-refractivity contribution in [2.24, 2.45) is 0 Å². The van der Waals surface area contributed by atoms with E-state index >= 15 is 0 Å². The molecule has 0 radical (unpaired) electrons. The predicted octanol–water partition coefficient (Wildman–Crippen LogP) is 0.573. The molecule has 0 aliphatic heterocycles. The normalized spacial score (nSPS) is 11.8. The van der Waals surface area contributed by atoms with Crippen LogP contribution in [0.2, 0.25) is 0 Å². The van der Waals surface area contributed by atoms with Crippen molar-refractivity contribution in [2.75, 3.05) is 0 Å². The lowest BCUT2D eigenvalue weighted by molar-refractivity contribution is 0.00456. The quantitative estimate of drug-likeness (QED) is 0.289. The Labute approximate surface area is 71.8 Å². The van der Waals surface area contributed by atoms with Crippen molar-refractivity contribution >= 4 is 17.3 Å². The number of hydrogen-bond acceptors (Lipinski definition) is 2. The second kappa shape index (κ2) is 3.92. The van der Waals surface area contributed by atoms with Gasteiger partial charge in [0.15, 0.2) is 0 Å². The zero-order valence-electron chi connectivity index (χ0n) is 6.01. The highest BCUT2D eigenvalue weighted by atomic mass is 32.2. The summed E-state index contributed by atoms with van der Waals surface area (Å²) in [7, 11) is 0. The second-order valence-electron chi connectivity index (χ2n) is 2.05. The van der Waals surface area contributed by atoms with Gasteiger partial charge in [0, 0.05) is 4.90 Å². The Morgan fingerprint density at radius 2 is 2.00 bits per heavy atom. The van der Waals surface area contributed by atoms with E-state index in [2.05, 4.69) is 4.79 Å². The molecule has 1 aromatic rings. The molecule has 0 saturated carbocycles. The highest BCUT2D eigenvalue weighted by Crippen LogP contribution is 2.04. The van der Waals surface area contributed by atoms with Crippen molar-refractivity contribution in [3.63, 3.8) is 0 Å². The van der Waals surface area contributed by atoms with E-state index in [1.54, 1.807) is 12.1 Å². The molecule has 0 fully saturated rings. The number of benzene rings is 1. The Kier molecular flexibility index (Phi) is 2.88. The first kappa shape index (κ1) is 8.80. The lowest BCUT2D eigenvalue weighted by atomic mass is 10.2. The van der Waals surface area contributed by atoms with Gasteiger partial charge in [0.25, 0.3) is 6.21 Å². The van der Waals surface area contributed by atoms with Crippen LogP contribution in [0.3, 0.4) is 0 Å². The topological polar surface area (TPSA) is 76.5 Å². The van der Waals surface area contributed by atoms with Gasteiger partial charge in [-0.25, -0.2) is 0 Å². The fourth-order valence-electron chi connectivity index (χ4n) is 0.732. The Morgan fingerprint density at radius 1 is 1.42 bits per heavy atom. The van der Waals surface area contributed by atoms with Crippen LogP contribution < -0.4 is 0 Å². The van der Waals surface area contributed by atoms with Gasteiger partial charge in [0.1, 0.15) is 0 Å². The van der Waals surface area contributed by atoms with E-state index < -0.39 is 11.1 Å². The summed E-state index contributed by atoms with van der Waals surface area (Å²) in [6.45, 7) is 0. The molecule has 0 aliphatic rings. The highest BCUT2D eigenvalue weighted by Gasteiger charge is 1.93. The summed E-state index contributed by atoms with van der Waals surface area (Å²) in [6, 6.07) is 5.95. The molecule has 1 rings (SSSR count). The van der Waals surface area contributed by atoms with Crippen LogP contribution >= 0.6 is 0 Å². The zero-order chi connectivity index (χ0) is 8.97. The van der Waals surface area contributed by atoms with E-state index in [0.29, 0.717) is 5.56 Å². The number of rotatable bonds is 2. The van der Waals surface area contributed by atoms with Crippen LogP contribution in [0.5, 0.6) is 0 Å². The van der Waals surface area contributed by atoms with Crippen LogP contribution in [0.15, 0.2) is 29.2 Å². The largest absolute Gasteiger partial charge is 0.768 e. The third-order valence-electron chi connectivity index (χ3n) is 1.28. The number of nitrogens with zero attached hydrogens (tertiary/aromatic N) is 2.